The molecule has 4 nitrogen and oxygen atoms in total. The van der Waals surface area contributed by atoms with Gasteiger partial charge in [0.15, 0.2) is 5.75 Å². The van der Waals surface area contributed by atoms with E-state index in [1.165, 1.54) is 0 Å². The molecule has 1 N–H and O–H groups in total. The lowest BCUT2D eigenvalue weighted by Crippen LogP contribution is -2.15. The van der Waals surface area contributed by atoms with Gasteiger partial charge in [-0.15, -0.1) is 0 Å². The van der Waals surface area contributed by atoms with Gasteiger partial charge in [-0.3, -0.25) is 5.10 Å². The molecule has 0 saturated carbocycles. The minimum atomic E-state index is 0.215. The Labute approximate surface area is 64.5 Å². The summed E-state index contributed by atoms with van der Waals surface area (Å²) in [4.78, 5) is 0. The molecule has 0 spiro atoms. The van der Waals surface area contributed by atoms with E-state index in [0.29, 0.717) is 6.61 Å². The fraction of sp³-hybridized carbons (Fsp3) is 0.571. The molecular formula is C7H10N2O2. The van der Waals surface area contributed by atoms with E-state index in [2.05, 4.69) is 10.2 Å². The van der Waals surface area contributed by atoms with E-state index >= 15 is 0 Å². The Morgan fingerprint density at radius 1 is 1.73 bits per heavy atom. The Morgan fingerprint density at radius 3 is 3.36 bits per heavy atom. The second-order valence-electron chi connectivity index (χ2n) is 2.54. The zero-order chi connectivity index (χ0) is 7.52. The van der Waals surface area contributed by atoms with Gasteiger partial charge in [0, 0.05) is 6.42 Å². The van der Waals surface area contributed by atoms with Crippen molar-refractivity contribution in [3.63, 3.8) is 0 Å². The summed E-state index contributed by atoms with van der Waals surface area (Å²) in [5.74, 6) is 0.792. The number of hydrogen-bond acceptors (Lipinski definition) is 3. The number of H-pyrrole nitrogens is 1. The third kappa shape index (κ3) is 1.51. The lowest BCUT2D eigenvalue weighted by atomic mass is 10.3. The Hall–Kier alpha value is -1.03. The monoisotopic (exact) mass is 154 g/mol. The summed E-state index contributed by atoms with van der Waals surface area (Å²) in [6.45, 7) is 1.51. The Balaban J connectivity index is 1.90. The third-order valence-electron chi connectivity index (χ3n) is 1.66. The van der Waals surface area contributed by atoms with Crippen molar-refractivity contribution in [1.29, 1.82) is 0 Å². The van der Waals surface area contributed by atoms with Crippen LogP contribution in [0, 0.1) is 0 Å². The Bertz CT molecular complexity index is 204. The maximum Gasteiger partial charge on any atom is 0.157 e. The number of rotatable bonds is 2. The van der Waals surface area contributed by atoms with Crippen molar-refractivity contribution in [3.05, 3.63) is 12.4 Å². The molecule has 2 rings (SSSR count). The van der Waals surface area contributed by atoms with Crippen LogP contribution >= 0.6 is 0 Å². The van der Waals surface area contributed by atoms with Crippen LogP contribution in [0.2, 0.25) is 0 Å². The van der Waals surface area contributed by atoms with Gasteiger partial charge in [-0.2, -0.15) is 5.10 Å². The highest BCUT2D eigenvalue weighted by Gasteiger charge is 2.16. The third-order valence-corrected chi connectivity index (χ3v) is 1.66. The van der Waals surface area contributed by atoms with Gasteiger partial charge < -0.3 is 9.47 Å². The summed E-state index contributed by atoms with van der Waals surface area (Å²) >= 11 is 0. The molecule has 0 radical (unpaired) electrons. The predicted octanol–water partition coefficient (Wildman–Crippen LogP) is 0.577. The molecule has 1 saturated heterocycles. The quantitative estimate of drug-likeness (QED) is 0.677. The standard InChI is InChI=1S/C7H10N2O2/c1-2-10-5-6(1)11-7-3-8-9-4-7/h3-4,6H,1-2,5H2,(H,8,9). The topological polar surface area (TPSA) is 47.1 Å². The average Bonchev–Trinajstić information content (AvgIpc) is 2.60. The first-order chi connectivity index (χ1) is 5.45. The van der Waals surface area contributed by atoms with Crippen LogP contribution in [-0.4, -0.2) is 29.5 Å². The van der Waals surface area contributed by atoms with Crippen LogP contribution in [-0.2, 0) is 4.74 Å². The molecule has 1 atom stereocenters. The molecule has 0 aromatic carbocycles. The largest absolute Gasteiger partial charge is 0.485 e. The molecule has 0 amide bonds. The molecule has 1 aliphatic rings. The summed E-state index contributed by atoms with van der Waals surface area (Å²) in [5.41, 5.74) is 0. The predicted molar refractivity (Wildman–Crippen MR) is 38.4 cm³/mol. The van der Waals surface area contributed by atoms with Crippen molar-refractivity contribution < 1.29 is 9.47 Å². The van der Waals surface area contributed by atoms with Crippen LogP contribution in [0.4, 0.5) is 0 Å². The summed E-state index contributed by atoms with van der Waals surface area (Å²) in [6, 6.07) is 0. The van der Waals surface area contributed by atoms with Crippen LogP contribution in [0.5, 0.6) is 5.75 Å². The van der Waals surface area contributed by atoms with E-state index in [1.54, 1.807) is 12.4 Å². The second-order valence-corrected chi connectivity index (χ2v) is 2.54. The van der Waals surface area contributed by atoms with Crippen molar-refractivity contribution in [3.8, 4) is 5.75 Å². The summed E-state index contributed by atoms with van der Waals surface area (Å²) in [5, 5.41) is 6.46. The lowest BCUT2D eigenvalue weighted by molar-refractivity contribution is 0.141. The van der Waals surface area contributed by atoms with Gasteiger partial charge >= 0.3 is 0 Å². The van der Waals surface area contributed by atoms with E-state index in [0.717, 1.165) is 18.8 Å². The molecule has 0 bridgehead atoms. The van der Waals surface area contributed by atoms with Gasteiger partial charge in [0.1, 0.15) is 6.10 Å². The lowest BCUT2D eigenvalue weighted by Gasteiger charge is -2.07. The maximum atomic E-state index is 5.50. The number of nitrogens with one attached hydrogen (secondary N) is 1. The zero-order valence-corrected chi connectivity index (χ0v) is 6.12. The highest BCUT2D eigenvalue weighted by Crippen LogP contribution is 2.13. The highest BCUT2D eigenvalue weighted by atomic mass is 16.5. The van der Waals surface area contributed by atoms with Gasteiger partial charge in [0.05, 0.1) is 25.6 Å². The van der Waals surface area contributed by atoms with Gasteiger partial charge in [0.25, 0.3) is 0 Å². The number of nitrogens with zero attached hydrogens (tertiary/aromatic N) is 1. The molecule has 60 valence electrons. The molecule has 11 heavy (non-hydrogen) atoms. The SMILES string of the molecule is c1n[nH]cc1OC1CCOC1. The highest BCUT2D eigenvalue weighted by molar-refractivity contribution is 5.10. The molecule has 1 aromatic heterocycles. The van der Waals surface area contributed by atoms with E-state index < -0.39 is 0 Å². The fourth-order valence-corrected chi connectivity index (χ4v) is 1.10. The summed E-state index contributed by atoms with van der Waals surface area (Å²) in [7, 11) is 0. The minimum absolute atomic E-state index is 0.215. The fourth-order valence-electron chi connectivity index (χ4n) is 1.10. The first kappa shape index (κ1) is 6.67. The van der Waals surface area contributed by atoms with Gasteiger partial charge in [-0.05, 0) is 0 Å². The minimum Gasteiger partial charge on any atom is -0.485 e. The molecule has 1 unspecified atom stereocenters. The summed E-state index contributed by atoms with van der Waals surface area (Å²) < 4.78 is 10.6. The van der Waals surface area contributed by atoms with Crippen LogP contribution in [0.15, 0.2) is 12.4 Å². The molecule has 1 fully saturated rings. The van der Waals surface area contributed by atoms with Crippen LogP contribution in [0.1, 0.15) is 6.42 Å². The van der Waals surface area contributed by atoms with Crippen molar-refractivity contribution in [2.75, 3.05) is 13.2 Å². The Kier molecular flexibility index (Phi) is 1.77. The number of ether oxygens (including phenoxy) is 2. The first-order valence-electron chi connectivity index (χ1n) is 3.68. The van der Waals surface area contributed by atoms with Gasteiger partial charge in [0.2, 0.25) is 0 Å². The molecule has 1 aromatic rings. The molecule has 1 aliphatic heterocycles. The number of aromatic amines is 1. The van der Waals surface area contributed by atoms with E-state index in [-0.39, 0.29) is 6.10 Å². The van der Waals surface area contributed by atoms with E-state index in [1.807, 2.05) is 0 Å². The maximum absolute atomic E-state index is 5.50. The van der Waals surface area contributed by atoms with Crippen molar-refractivity contribution in [2.24, 2.45) is 0 Å². The van der Waals surface area contributed by atoms with E-state index in [4.69, 9.17) is 9.47 Å². The van der Waals surface area contributed by atoms with Crippen molar-refractivity contribution in [2.45, 2.75) is 12.5 Å². The van der Waals surface area contributed by atoms with Gasteiger partial charge in [-0.25, -0.2) is 0 Å². The van der Waals surface area contributed by atoms with Crippen molar-refractivity contribution in [1.82, 2.24) is 10.2 Å². The first-order valence-corrected chi connectivity index (χ1v) is 3.68. The number of hydrogen-bond donors (Lipinski definition) is 1. The Morgan fingerprint density at radius 2 is 2.73 bits per heavy atom. The normalized spacial score (nSPS) is 23.8. The molecule has 4 heteroatoms. The second kappa shape index (κ2) is 2.92. The molecular weight excluding hydrogens is 144 g/mol. The van der Waals surface area contributed by atoms with Crippen LogP contribution in [0.3, 0.4) is 0 Å². The van der Waals surface area contributed by atoms with Crippen LogP contribution in [0.25, 0.3) is 0 Å². The number of aromatic nitrogens is 2. The summed E-state index contributed by atoms with van der Waals surface area (Å²) in [6.07, 6.45) is 4.59. The van der Waals surface area contributed by atoms with Crippen LogP contribution < -0.4 is 4.74 Å². The molecule has 2 heterocycles. The molecule has 0 aliphatic carbocycles. The average molecular weight is 154 g/mol. The van der Waals surface area contributed by atoms with Crippen molar-refractivity contribution >= 4 is 0 Å². The van der Waals surface area contributed by atoms with Gasteiger partial charge in [-0.1, -0.05) is 0 Å². The van der Waals surface area contributed by atoms with E-state index in [9.17, 15) is 0 Å². The smallest absolute Gasteiger partial charge is 0.157 e. The zero-order valence-electron chi connectivity index (χ0n) is 6.12.